The first kappa shape index (κ1) is 18.4. The standard InChI is InChI=1S/C27H21NO2/c1-2-18-10-6-11-22-24(29)23(26(30-25(18)22)20-8-4-3-5-9-20)19-12-14-21(15-13-19)27(28)16-7-17-27/h1,3-6,8-15H,7,16-17,28H2. The van der Waals surface area contributed by atoms with Gasteiger partial charge in [-0.2, -0.15) is 0 Å². The first-order chi connectivity index (χ1) is 14.6. The van der Waals surface area contributed by atoms with E-state index in [0.717, 1.165) is 36.0 Å². The largest absolute Gasteiger partial charge is 0.454 e. The zero-order chi connectivity index (χ0) is 20.7. The van der Waals surface area contributed by atoms with Gasteiger partial charge in [-0.1, -0.05) is 66.6 Å². The van der Waals surface area contributed by atoms with Crippen molar-refractivity contribution in [2.75, 3.05) is 0 Å². The number of para-hydroxylation sites is 1. The molecule has 3 aromatic carbocycles. The van der Waals surface area contributed by atoms with Gasteiger partial charge in [0.15, 0.2) is 5.58 Å². The Balaban J connectivity index is 1.77. The Kier molecular flexibility index (Phi) is 4.31. The molecule has 0 bridgehead atoms. The summed E-state index contributed by atoms with van der Waals surface area (Å²) in [7, 11) is 0. The Labute approximate surface area is 175 Å². The average Bonchev–Trinajstić information content (AvgIpc) is 2.78. The highest BCUT2D eigenvalue weighted by atomic mass is 16.3. The quantitative estimate of drug-likeness (QED) is 0.473. The van der Waals surface area contributed by atoms with E-state index in [1.807, 2.05) is 54.6 Å². The smallest absolute Gasteiger partial charge is 0.201 e. The highest BCUT2D eigenvalue weighted by Gasteiger charge is 2.34. The van der Waals surface area contributed by atoms with Gasteiger partial charge in [-0.3, -0.25) is 4.79 Å². The van der Waals surface area contributed by atoms with Crippen LogP contribution in [0.25, 0.3) is 33.4 Å². The molecule has 1 fully saturated rings. The van der Waals surface area contributed by atoms with Gasteiger partial charge in [-0.05, 0) is 42.5 Å². The van der Waals surface area contributed by atoms with Crippen LogP contribution in [0.15, 0.2) is 82.0 Å². The highest BCUT2D eigenvalue weighted by molar-refractivity contribution is 5.91. The van der Waals surface area contributed by atoms with Gasteiger partial charge in [0.1, 0.15) is 5.76 Å². The zero-order valence-corrected chi connectivity index (χ0v) is 16.5. The molecule has 30 heavy (non-hydrogen) atoms. The molecule has 5 rings (SSSR count). The van der Waals surface area contributed by atoms with E-state index in [0.29, 0.717) is 27.9 Å². The summed E-state index contributed by atoms with van der Waals surface area (Å²) >= 11 is 0. The first-order valence-corrected chi connectivity index (χ1v) is 10.1. The summed E-state index contributed by atoms with van der Waals surface area (Å²) in [6.07, 6.45) is 8.80. The van der Waals surface area contributed by atoms with Crippen LogP contribution in [0.4, 0.5) is 0 Å². The predicted molar refractivity (Wildman–Crippen MR) is 121 cm³/mol. The third-order valence-electron chi connectivity index (χ3n) is 6.10. The van der Waals surface area contributed by atoms with Gasteiger partial charge in [0.2, 0.25) is 5.43 Å². The van der Waals surface area contributed by atoms with Crippen LogP contribution in [0.1, 0.15) is 30.4 Å². The van der Waals surface area contributed by atoms with Gasteiger partial charge in [-0.25, -0.2) is 0 Å². The van der Waals surface area contributed by atoms with Crippen LogP contribution in [0.5, 0.6) is 0 Å². The van der Waals surface area contributed by atoms with E-state index in [4.69, 9.17) is 16.6 Å². The fourth-order valence-electron chi connectivity index (χ4n) is 4.20. The van der Waals surface area contributed by atoms with E-state index in [1.54, 1.807) is 18.2 Å². The number of terminal acetylenes is 1. The van der Waals surface area contributed by atoms with Crippen molar-refractivity contribution >= 4 is 11.0 Å². The van der Waals surface area contributed by atoms with Crippen molar-refractivity contribution in [3.8, 4) is 34.8 Å². The Morgan fingerprint density at radius 3 is 2.27 bits per heavy atom. The monoisotopic (exact) mass is 391 g/mol. The van der Waals surface area contributed by atoms with Crippen LogP contribution >= 0.6 is 0 Å². The molecule has 1 aromatic heterocycles. The summed E-state index contributed by atoms with van der Waals surface area (Å²) < 4.78 is 6.30. The number of hydrogen-bond donors (Lipinski definition) is 1. The Hall–Kier alpha value is -3.61. The number of fused-ring (bicyclic) bond motifs is 1. The van der Waals surface area contributed by atoms with Crippen molar-refractivity contribution in [2.45, 2.75) is 24.8 Å². The fourth-order valence-corrected chi connectivity index (χ4v) is 4.20. The SMILES string of the molecule is C#Cc1cccc2c(=O)c(-c3ccc(C4(N)CCC4)cc3)c(-c3ccccc3)oc12. The van der Waals surface area contributed by atoms with Gasteiger partial charge in [0, 0.05) is 11.1 Å². The van der Waals surface area contributed by atoms with E-state index in [1.165, 1.54) is 0 Å². The Morgan fingerprint density at radius 1 is 0.900 bits per heavy atom. The molecule has 1 saturated carbocycles. The van der Waals surface area contributed by atoms with Crippen molar-refractivity contribution in [3.05, 3.63) is 94.1 Å². The average molecular weight is 391 g/mol. The van der Waals surface area contributed by atoms with E-state index >= 15 is 0 Å². The molecular weight excluding hydrogens is 370 g/mol. The van der Waals surface area contributed by atoms with Crippen LogP contribution in [0.2, 0.25) is 0 Å². The third kappa shape index (κ3) is 2.85. The highest BCUT2D eigenvalue weighted by Crippen LogP contribution is 2.40. The molecule has 3 nitrogen and oxygen atoms in total. The first-order valence-electron chi connectivity index (χ1n) is 10.1. The van der Waals surface area contributed by atoms with Crippen LogP contribution < -0.4 is 11.2 Å². The normalized spacial score (nSPS) is 14.8. The molecule has 4 aromatic rings. The summed E-state index contributed by atoms with van der Waals surface area (Å²) in [5, 5.41) is 0.485. The molecule has 0 saturated heterocycles. The summed E-state index contributed by atoms with van der Waals surface area (Å²) in [5.74, 6) is 3.15. The zero-order valence-electron chi connectivity index (χ0n) is 16.5. The number of nitrogens with two attached hydrogens (primary N) is 1. The Morgan fingerprint density at radius 2 is 1.63 bits per heavy atom. The van der Waals surface area contributed by atoms with E-state index < -0.39 is 0 Å². The lowest BCUT2D eigenvalue weighted by Crippen LogP contribution is -2.43. The van der Waals surface area contributed by atoms with Gasteiger partial charge in [-0.15, -0.1) is 6.42 Å². The summed E-state index contributed by atoms with van der Waals surface area (Å²) in [6.45, 7) is 0. The maximum Gasteiger partial charge on any atom is 0.201 e. The molecule has 1 aliphatic carbocycles. The van der Waals surface area contributed by atoms with Crippen molar-refractivity contribution in [1.82, 2.24) is 0 Å². The lowest BCUT2D eigenvalue weighted by Gasteiger charge is -2.38. The second kappa shape index (κ2) is 7.02. The summed E-state index contributed by atoms with van der Waals surface area (Å²) in [4.78, 5) is 13.6. The lowest BCUT2D eigenvalue weighted by atomic mass is 9.72. The summed E-state index contributed by atoms with van der Waals surface area (Å²) in [6, 6.07) is 23.0. The molecular formula is C27H21NO2. The number of hydrogen-bond acceptors (Lipinski definition) is 3. The van der Waals surface area contributed by atoms with Crippen LogP contribution in [-0.4, -0.2) is 0 Å². The van der Waals surface area contributed by atoms with Crippen molar-refractivity contribution in [3.63, 3.8) is 0 Å². The molecule has 0 radical (unpaired) electrons. The maximum absolute atomic E-state index is 13.6. The van der Waals surface area contributed by atoms with Crippen molar-refractivity contribution in [1.29, 1.82) is 0 Å². The maximum atomic E-state index is 13.6. The number of benzene rings is 3. The van der Waals surface area contributed by atoms with Crippen LogP contribution in [0.3, 0.4) is 0 Å². The van der Waals surface area contributed by atoms with E-state index in [9.17, 15) is 4.79 Å². The summed E-state index contributed by atoms with van der Waals surface area (Å²) in [5.41, 5.74) is 10.4. The fraction of sp³-hybridized carbons (Fsp3) is 0.148. The second-order valence-electron chi connectivity index (χ2n) is 7.91. The molecule has 146 valence electrons. The topological polar surface area (TPSA) is 56.2 Å². The molecule has 0 unspecified atom stereocenters. The minimum Gasteiger partial charge on any atom is -0.454 e. The van der Waals surface area contributed by atoms with Crippen molar-refractivity contribution < 1.29 is 4.42 Å². The van der Waals surface area contributed by atoms with Gasteiger partial charge < -0.3 is 10.2 Å². The molecule has 0 amide bonds. The lowest BCUT2D eigenvalue weighted by molar-refractivity contribution is 0.253. The molecule has 2 N–H and O–H groups in total. The molecule has 1 heterocycles. The van der Waals surface area contributed by atoms with Gasteiger partial charge >= 0.3 is 0 Å². The minimum atomic E-state index is -0.240. The Bertz CT molecular complexity index is 1340. The van der Waals surface area contributed by atoms with Gasteiger partial charge in [0.25, 0.3) is 0 Å². The molecule has 3 heteroatoms. The minimum absolute atomic E-state index is 0.0916. The van der Waals surface area contributed by atoms with E-state index in [2.05, 4.69) is 5.92 Å². The predicted octanol–water partition coefficient (Wildman–Crippen LogP) is 5.45. The third-order valence-corrected chi connectivity index (χ3v) is 6.10. The van der Waals surface area contributed by atoms with E-state index in [-0.39, 0.29) is 11.0 Å². The second-order valence-corrected chi connectivity index (χ2v) is 7.91. The van der Waals surface area contributed by atoms with Crippen LogP contribution in [0, 0.1) is 12.3 Å². The molecule has 0 atom stereocenters. The van der Waals surface area contributed by atoms with Gasteiger partial charge in [0.05, 0.1) is 16.5 Å². The van der Waals surface area contributed by atoms with Crippen molar-refractivity contribution in [2.24, 2.45) is 5.73 Å². The number of rotatable bonds is 3. The van der Waals surface area contributed by atoms with Crippen LogP contribution in [-0.2, 0) is 5.54 Å². The molecule has 0 spiro atoms. The molecule has 1 aliphatic rings. The molecule has 0 aliphatic heterocycles.